The van der Waals surface area contributed by atoms with Gasteiger partial charge in [0.05, 0.1) is 11.6 Å². The van der Waals surface area contributed by atoms with E-state index < -0.39 is 5.97 Å². The molecule has 4 nitrogen and oxygen atoms in total. The van der Waals surface area contributed by atoms with Crippen molar-refractivity contribution in [1.29, 1.82) is 5.26 Å². The molecule has 0 radical (unpaired) electrons. The van der Waals surface area contributed by atoms with Crippen LogP contribution in [0.2, 0.25) is 0 Å². The lowest BCUT2D eigenvalue weighted by Gasteiger charge is -2.07. The molecule has 0 aliphatic carbocycles. The van der Waals surface area contributed by atoms with Gasteiger partial charge in [0.25, 0.3) is 0 Å². The first-order valence-electron chi connectivity index (χ1n) is 5.09. The Bertz CT molecular complexity index is 593. The molecule has 0 atom stereocenters. The van der Waals surface area contributed by atoms with Crippen molar-refractivity contribution in [2.24, 2.45) is 0 Å². The molecule has 0 unspecified atom stereocenters. The van der Waals surface area contributed by atoms with Crippen molar-refractivity contribution in [3.63, 3.8) is 0 Å². The third-order valence-corrected chi connectivity index (χ3v) is 2.53. The fourth-order valence-electron chi connectivity index (χ4n) is 1.70. The van der Waals surface area contributed by atoms with Gasteiger partial charge in [0.2, 0.25) is 0 Å². The Morgan fingerprint density at radius 3 is 2.76 bits per heavy atom. The molecule has 0 bridgehead atoms. The predicted octanol–water partition coefficient (Wildman–Crippen LogP) is 2.11. The van der Waals surface area contributed by atoms with Gasteiger partial charge in [0.15, 0.2) is 0 Å². The maximum Gasteiger partial charge on any atom is 0.352 e. The van der Waals surface area contributed by atoms with E-state index in [9.17, 15) is 4.79 Å². The zero-order valence-electron chi connectivity index (χ0n) is 9.00. The smallest absolute Gasteiger partial charge is 0.352 e. The molecule has 0 amide bonds. The van der Waals surface area contributed by atoms with Crippen LogP contribution in [-0.2, 0) is 6.54 Å². The van der Waals surface area contributed by atoms with Crippen LogP contribution in [-0.4, -0.2) is 15.6 Å². The predicted molar refractivity (Wildman–Crippen MR) is 61.7 cm³/mol. The number of hydrogen-bond acceptors (Lipinski definition) is 2. The number of rotatable bonds is 3. The molecule has 0 fully saturated rings. The van der Waals surface area contributed by atoms with Crippen LogP contribution < -0.4 is 0 Å². The normalized spacial score (nSPS) is 9.82. The fraction of sp³-hybridized carbons (Fsp3) is 0.0769. The molecule has 1 aromatic carbocycles. The molecule has 17 heavy (non-hydrogen) atoms. The third kappa shape index (κ3) is 2.18. The summed E-state index contributed by atoms with van der Waals surface area (Å²) in [6.07, 6.45) is 1.69. The minimum absolute atomic E-state index is 0.220. The van der Waals surface area contributed by atoms with Crippen molar-refractivity contribution in [2.45, 2.75) is 6.54 Å². The van der Waals surface area contributed by atoms with Crippen LogP contribution >= 0.6 is 0 Å². The summed E-state index contributed by atoms with van der Waals surface area (Å²) in [6, 6.07) is 12.5. The van der Waals surface area contributed by atoms with Crippen molar-refractivity contribution >= 4 is 5.97 Å². The molecule has 0 spiro atoms. The number of aromatic nitrogens is 1. The summed E-state index contributed by atoms with van der Waals surface area (Å²) in [5.74, 6) is -0.968. The topological polar surface area (TPSA) is 66.0 Å². The lowest BCUT2D eigenvalue weighted by molar-refractivity contribution is 0.0685. The van der Waals surface area contributed by atoms with Crippen LogP contribution in [0, 0.1) is 11.3 Å². The first kappa shape index (κ1) is 11.0. The van der Waals surface area contributed by atoms with E-state index in [1.165, 1.54) is 6.07 Å². The van der Waals surface area contributed by atoms with E-state index in [0.717, 1.165) is 5.56 Å². The highest BCUT2D eigenvalue weighted by molar-refractivity contribution is 5.85. The SMILES string of the molecule is N#Cc1ccccc1Cn1cccc1C(=O)O. The zero-order valence-corrected chi connectivity index (χ0v) is 9.00. The molecule has 0 aliphatic heterocycles. The van der Waals surface area contributed by atoms with Gasteiger partial charge < -0.3 is 9.67 Å². The second kappa shape index (κ2) is 4.54. The molecule has 4 heteroatoms. The number of hydrogen-bond donors (Lipinski definition) is 1. The lowest BCUT2D eigenvalue weighted by Crippen LogP contribution is -2.09. The van der Waals surface area contributed by atoms with Crippen LogP contribution in [0.4, 0.5) is 0 Å². The van der Waals surface area contributed by atoms with Crippen molar-refractivity contribution in [3.8, 4) is 6.07 Å². The van der Waals surface area contributed by atoms with Crippen LogP contribution in [0.5, 0.6) is 0 Å². The molecule has 84 valence electrons. The number of carboxylic acids is 1. The maximum absolute atomic E-state index is 10.9. The van der Waals surface area contributed by atoms with Gasteiger partial charge in [-0.25, -0.2) is 4.79 Å². The van der Waals surface area contributed by atoms with Crippen LogP contribution in [0.25, 0.3) is 0 Å². The van der Waals surface area contributed by atoms with Gasteiger partial charge in [-0.05, 0) is 23.8 Å². The molecule has 0 saturated heterocycles. The summed E-state index contributed by atoms with van der Waals surface area (Å²) in [7, 11) is 0. The Hall–Kier alpha value is -2.54. The molecule has 1 heterocycles. The summed E-state index contributed by atoms with van der Waals surface area (Å²) in [5.41, 5.74) is 1.60. The van der Waals surface area contributed by atoms with E-state index in [1.54, 1.807) is 29.0 Å². The fourth-order valence-corrected chi connectivity index (χ4v) is 1.70. The summed E-state index contributed by atoms with van der Waals surface area (Å²) >= 11 is 0. The monoisotopic (exact) mass is 226 g/mol. The Balaban J connectivity index is 2.35. The average molecular weight is 226 g/mol. The quantitative estimate of drug-likeness (QED) is 0.871. The van der Waals surface area contributed by atoms with Crippen LogP contribution in [0.1, 0.15) is 21.6 Å². The van der Waals surface area contributed by atoms with Crippen LogP contribution in [0.15, 0.2) is 42.6 Å². The molecule has 1 aromatic heterocycles. The van der Waals surface area contributed by atoms with Gasteiger partial charge in [-0.3, -0.25) is 0 Å². The number of nitriles is 1. The minimum Gasteiger partial charge on any atom is -0.477 e. The number of carbonyl (C=O) groups is 1. The molecular formula is C13H10N2O2. The van der Waals surface area contributed by atoms with E-state index in [1.807, 2.05) is 12.1 Å². The first-order valence-corrected chi connectivity index (χ1v) is 5.09. The second-order valence-corrected chi connectivity index (χ2v) is 3.60. The van der Waals surface area contributed by atoms with E-state index in [-0.39, 0.29) is 5.69 Å². The minimum atomic E-state index is -0.968. The third-order valence-electron chi connectivity index (χ3n) is 2.53. The van der Waals surface area contributed by atoms with Crippen molar-refractivity contribution in [3.05, 3.63) is 59.4 Å². The van der Waals surface area contributed by atoms with Crippen molar-refractivity contribution in [1.82, 2.24) is 4.57 Å². The number of aromatic carboxylic acids is 1. The van der Waals surface area contributed by atoms with E-state index in [0.29, 0.717) is 12.1 Å². The van der Waals surface area contributed by atoms with Gasteiger partial charge in [0.1, 0.15) is 5.69 Å². The molecule has 0 aliphatic rings. The van der Waals surface area contributed by atoms with E-state index >= 15 is 0 Å². The van der Waals surface area contributed by atoms with Gasteiger partial charge in [-0.2, -0.15) is 5.26 Å². The van der Waals surface area contributed by atoms with Gasteiger partial charge in [0, 0.05) is 12.7 Å². The summed E-state index contributed by atoms with van der Waals surface area (Å²) in [6.45, 7) is 0.387. The molecule has 2 rings (SSSR count). The largest absolute Gasteiger partial charge is 0.477 e. The maximum atomic E-state index is 10.9. The summed E-state index contributed by atoms with van der Waals surface area (Å²) in [5, 5.41) is 17.9. The van der Waals surface area contributed by atoms with E-state index in [2.05, 4.69) is 6.07 Å². The standard InChI is InChI=1S/C13H10N2O2/c14-8-10-4-1-2-5-11(10)9-15-7-3-6-12(15)13(16)17/h1-7H,9H2,(H,16,17). The Morgan fingerprint density at radius 2 is 2.06 bits per heavy atom. The summed E-state index contributed by atoms with van der Waals surface area (Å²) < 4.78 is 1.61. The molecule has 2 aromatic rings. The summed E-state index contributed by atoms with van der Waals surface area (Å²) in [4.78, 5) is 10.9. The molecular weight excluding hydrogens is 216 g/mol. The molecule has 0 saturated carbocycles. The first-order chi connectivity index (χ1) is 8.22. The van der Waals surface area contributed by atoms with Gasteiger partial charge >= 0.3 is 5.97 Å². The average Bonchev–Trinajstić information content (AvgIpc) is 2.78. The highest BCUT2D eigenvalue weighted by Crippen LogP contribution is 2.12. The van der Waals surface area contributed by atoms with Gasteiger partial charge in [-0.15, -0.1) is 0 Å². The van der Waals surface area contributed by atoms with Crippen molar-refractivity contribution in [2.75, 3.05) is 0 Å². The van der Waals surface area contributed by atoms with Gasteiger partial charge in [-0.1, -0.05) is 18.2 Å². The second-order valence-electron chi connectivity index (χ2n) is 3.60. The van der Waals surface area contributed by atoms with Crippen LogP contribution in [0.3, 0.4) is 0 Å². The number of carboxylic acid groups (broad SMARTS) is 1. The highest BCUT2D eigenvalue weighted by atomic mass is 16.4. The Labute approximate surface area is 98.4 Å². The van der Waals surface area contributed by atoms with Crippen molar-refractivity contribution < 1.29 is 9.90 Å². The zero-order chi connectivity index (χ0) is 12.3. The number of nitrogens with zero attached hydrogens (tertiary/aromatic N) is 2. The lowest BCUT2D eigenvalue weighted by atomic mass is 10.1. The Kier molecular flexibility index (Phi) is 2.93. The number of benzene rings is 1. The Morgan fingerprint density at radius 1 is 1.29 bits per heavy atom. The highest BCUT2D eigenvalue weighted by Gasteiger charge is 2.10. The molecule has 1 N–H and O–H groups in total. The van der Waals surface area contributed by atoms with E-state index in [4.69, 9.17) is 10.4 Å².